The summed E-state index contributed by atoms with van der Waals surface area (Å²) in [7, 11) is 5.14. The number of aliphatic hydroxyl groups excluding tert-OH is 1. The van der Waals surface area contributed by atoms with Gasteiger partial charge < -0.3 is 115 Å². The monoisotopic (exact) mass is 1810 g/mol. The van der Waals surface area contributed by atoms with E-state index in [1.807, 2.05) is 6.92 Å². The molecule has 2 saturated heterocycles. The highest BCUT2D eigenvalue weighted by molar-refractivity contribution is 8.00. The van der Waals surface area contributed by atoms with Crippen molar-refractivity contribution in [2.75, 3.05) is 65.9 Å². The highest BCUT2D eigenvalue weighted by Crippen LogP contribution is 2.26. The number of nitrogens with zero attached hydrogens (tertiary/aromatic N) is 6. The third-order valence-electron chi connectivity index (χ3n) is 22.6. The van der Waals surface area contributed by atoms with E-state index in [-0.39, 0.29) is 76.7 Å². The van der Waals surface area contributed by atoms with Crippen LogP contribution < -0.4 is 70.4 Å². The molecule has 13 atom stereocenters. The van der Waals surface area contributed by atoms with E-state index >= 15 is 19.2 Å². The molecule has 698 valence electrons. The second kappa shape index (κ2) is 48.6. The number of hydrogen-bond acceptors (Lipinski definition) is 21. The number of aliphatic hydroxyl groups is 1. The van der Waals surface area contributed by atoms with E-state index in [1.54, 1.807) is 112 Å². The number of unbranched alkanes of at least 4 members (excludes halogenated alkanes) is 2. The van der Waals surface area contributed by atoms with E-state index in [1.165, 1.54) is 47.6 Å². The van der Waals surface area contributed by atoms with Crippen LogP contribution in [0.25, 0.3) is 21.8 Å². The van der Waals surface area contributed by atoms with E-state index < -0.39 is 229 Å². The van der Waals surface area contributed by atoms with Crippen LogP contribution in [0.4, 0.5) is 0 Å². The Morgan fingerprint density at radius 2 is 1.03 bits per heavy atom. The Morgan fingerprint density at radius 3 is 1.62 bits per heavy atom. The maximum Gasteiger partial charge on any atom is 0.246 e. The van der Waals surface area contributed by atoms with Gasteiger partial charge in [0.05, 0.1) is 44.6 Å². The number of hydrogen-bond donors (Lipinski definition) is 17. The van der Waals surface area contributed by atoms with E-state index in [0.717, 1.165) is 36.3 Å². The first-order valence-corrected chi connectivity index (χ1v) is 44.1. The molecule has 3 aromatic heterocycles. The Hall–Kier alpha value is -13.3. The summed E-state index contributed by atoms with van der Waals surface area (Å²) in [5, 5.41) is 38.3. The number of carbonyl (C=O) groups excluding carboxylic acids is 18. The number of benzene rings is 3. The van der Waals surface area contributed by atoms with E-state index in [4.69, 9.17) is 17.2 Å². The van der Waals surface area contributed by atoms with Crippen molar-refractivity contribution >= 4 is 140 Å². The number of thioether (sulfide) groups is 1. The number of para-hydroxylation sites is 2. The minimum atomic E-state index is -1.88. The van der Waals surface area contributed by atoms with Crippen molar-refractivity contribution in [3.05, 3.63) is 126 Å². The molecule has 18 amide bonds. The maximum absolute atomic E-state index is 15.6. The fourth-order valence-electron chi connectivity index (χ4n) is 15.4. The molecule has 0 bridgehead atoms. The predicted octanol–water partition coefficient (Wildman–Crippen LogP) is -2.53. The number of fused-ring (bicyclic) bond motifs is 3. The summed E-state index contributed by atoms with van der Waals surface area (Å²) >= 11 is 0.740. The first kappa shape index (κ1) is 101. The molecule has 42 heteroatoms. The molecule has 2 aliphatic rings. The van der Waals surface area contributed by atoms with E-state index in [2.05, 4.69) is 73.1 Å². The third kappa shape index (κ3) is 28.9. The average Bonchev–Trinajstić information content (AvgIpc) is 1.39. The highest BCUT2D eigenvalue weighted by Gasteiger charge is 2.44. The fourth-order valence-corrected chi connectivity index (χ4v) is 16.3. The largest absolute Gasteiger partial charge is 0.394 e. The summed E-state index contributed by atoms with van der Waals surface area (Å²) in [6.45, 7) is 5.79. The molecular formula is C87H120N22O19S. The van der Waals surface area contributed by atoms with Crippen LogP contribution >= 0.6 is 11.8 Å². The highest BCUT2D eigenvalue weighted by atomic mass is 32.2. The molecule has 2 fully saturated rings. The molecule has 129 heavy (non-hydrogen) atoms. The molecule has 0 radical (unpaired) electrons. The summed E-state index contributed by atoms with van der Waals surface area (Å²) in [6.07, 6.45) is 4.95. The van der Waals surface area contributed by atoms with Crippen molar-refractivity contribution in [3.63, 3.8) is 0 Å². The zero-order valence-electron chi connectivity index (χ0n) is 73.9. The predicted molar refractivity (Wildman–Crippen MR) is 474 cm³/mol. The third-order valence-corrected chi connectivity index (χ3v) is 23.6. The Morgan fingerprint density at radius 1 is 0.519 bits per heavy atom. The molecule has 5 heterocycles. The number of aromatic amines is 3. The van der Waals surface area contributed by atoms with Crippen molar-refractivity contribution in [3.8, 4) is 0 Å². The summed E-state index contributed by atoms with van der Waals surface area (Å²) in [5.41, 5.74) is 20.0. The molecule has 8 rings (SSSR count). The lowest BCUT2D eigenvalue weighted by molar-refractivity contribution is -0.149. The van der Waals surface area contributed by atoms with Crippen molar-refractivity contribution in [2.45, 2.75) is 209 Å². The van der Waals surface area contributed by atoms with Crippen LogP contribution in [-0.4, -0.2) is 300 Å². The Balaban J connectivity index is 1.17. The zero-order chi connectivity index (χ0) is 94.5. The normalized spacial score (nSPS) is 23.8. The Labute approximate surface area is 750 Å². The molecule has 0 spiro atoms. The number of nitrogens with one attached hydrogen (secondary N) is 13. The van der Waals surface area contributed by atoms with Gasteiger partial charge in [-0.15, -0.1) is 11.8 Å². The SMILES string of the molecule is CCCCC1C(=O)N(C)C(CCCC)C(=O)NC(CC(N)=O)C(=O)NC(C(=O)NCC(N)=O)CSCC(=O)NC(Cc2ccccc2)C(=O)N(C)C(C)C(=O)NC(CC(N)=O)C(=O)N2CCCC2C(=O)NC(Cc2cnc[nH]2)C(=O)NC(CC(C)C)C(=O)N(C)CC(=O)NC(Cc2c[nH]c3ccccc23)C(=O)NC(CO)C(=O)NC(Cc2c[nH]c3ccccc23)C(=O)N1C. The smallest absolute Gasteiger partial charge is 0.246 e. The number of likely N-dealkylation sites (N-methyl/N-ethyl adjacent to an activating group) is 4. The van der Waals surface area contributed by atoms with E-state index in [0.29, 0.717) is 63.5 Å². The zero-order valence-corrected chi connectivity index (χ0v) is 74.7. The maximum atomic E-state index is 15.6. The van der Waals surface area contributed by atoms with Crippen LogP contribution in [0.2, 0.25) is 0 Å². The van der Waals surface area contributed by atoms with Gasteiger partial charge in [-0.3, -0.25) is 86.3 Å². The van der Waals surface area contributed by atoms with Gasteiger partial charge in [0.2, 0.25) is 106 Å². The van der Waals surface area contributed by atoms with E-state index in [9.17, 15) is 72.2 Å². The molecule has 13 unspecified atom stereocenters. The number of nitrogens with two attached hydrogens (primary N) is 3. The van der Waals surface area contributed by atoms with Gasteiger partial charge in [-0.25, -0.2) is 4.98 Å². The molecule has 0 saturated carbocycles. The van der Waals surface area contributed by atoms with Crippen LogP contribution in [0.5, 0.6) is 0 Å². The molecule has 6 aromatic rings. The van der Waals surface area contributed by atoms with Crippen molar-refractivity contribution < 1.29 is 91.4 Å². The number of aromatic nitrogens is 4. The molecule has 3 aromatic carbocycles. The van der Waals surface area contributed by atoms with Gasteiger partial charge in [-0.2, -0.15) is 0 Å². The first-order valence-electron chi connectivity index (χ1n) is 42.9. The first-order chi connectivity index (χ1) is 61.4. The number of carbonyl (C=O) groups is 18. The number of imidazole rings is 1. The van der Waals surface area contributed by atoms with Crippen LogP contribution in [0, 0.1) is 5.92 Å². The molecule has 41 nitrogen and oxygen atoms in total. The van der Waals surface area contributed by atoms with Crippen LogP contribution in [0.3, 0.4) is 0 Å². The van der Waals surface area contributed by atoms with Gasteiger partial charge in [-0.1, -0.05) is 120 Å². The lowest BCUT2D eigenvalue weighted by Gasteiger charge is -2.36. The molecule has 20 N–H and O–H groups in total. The summed E-state index contributed by atoms with van der Waals surface area (Å²) in [6, 6.07) is 2.14. The molecule has 2 aliphatic heterocycles. The van der Waals surface area contributed by atoms with Gasteiger partial charge in [-0.05, 0) is 73.8 Å². The standard InChI is InChI=1S/C87H120N22O19S/c1-10-12-28-67-81(122)99-60(37-70(88)111)79(120)104-66(76(117)94-42-72(90)113)45-129-46-74(115)97-62(33-50-22-15-14-16-23-50)84(125)106(7)49(5)75(116)100-64(38-71(89)112)86(127)109-31-21-30-68(109)82(123)98-59(36-53-41-91-47-95-53)78(119)101-61(32-48(3)4)83(124)105(6)43-73(114)96-58(34-51-39-92-56-26-19-17-24-54(51)56)77(118)103-65(44-110)80(121)102-63(35-52-40-93-57-27-20-18-25-55(52)57)85(126)108(9)69(29-13-11-2)87(128)107(67)8/h14-20,22-27,39-41,47-49,58-69,92-93,110H,10-13,21,28-38,42-46H2,1-9H3,(H2,88,111)(H2,89,112)(H2,90,113)(H,91,95)(H,94,117)(H,96,114)(H,97,115)(H,98,123)(H,99,122)(H,100,116)(H,101,119)(H,102,121)(H,103,118)(H,104,120). The quantitative estimate of drug-likeness (QED) is 0.0297. The van der Waals surface area contributed by atoms with Gasteiger partial charge in [0.25, 0.3) is 0 Å². The molecule has 0 aliphatic carbocycles. The van der Waals surface area contributed by atoms with Crippen LogP contribution in [0.1, 0.15) is 128 Å². The summed E-state index contributed by atoms with van der Waals surface area (Å²) in [4.78, 5) is 278. The number of amides is 18. The van der Waals surface area contributed by atoms with Crippen molar-refractivity contribution in [1.29, 1.82) is 0 Å². The number of primary amides is 3. The van der Waals surface area contributed by atoms with Gasteiger partial charge >= 0.3 is 0 Å². The second-order valence-electron chi connectivity index (χ2n) is 32.8. The fraction of sp³-hybridized carbons (Fsp3) is 0.506. The second-order valence-corrected chi connectivity index (χ2v) is 33.9. The number of H-pyrrole nitrogens is 3. The molecular weight excluding hydrogens is 1690 g/mol. The van der Waals surface area contributed by atoms with Gasteiger partial charge in [0.1, 0.15) is 78.5 Å². The minimum absolute atomic E-state index is 0.0100. The minimum Gasteiger partial charge on any atom is -0.394 e. The number of rotatable bonds is 24. The lowest BCUT2D eigenvalue weighted by atomic mass is 10.00. The van der Waals surface area contributed by atoms with Crippen molar-refractivity contribution in [1.82, 2.24) is 97.6 Å². The summed E-state index contributed by atoms with van der Waals surface area (Å²) in [5.74, 6) is -18.6. The van der Waals surface area contributed by atoms with Crippen LogP contribution in [-0.2, 0) is 112 Å². The summed E-state index contributed by atoms with van der Waals surface area (Å²) < 4.78 is 0. The Kier molecular flexibility index (Phi) is 38.1. The van der Waals surface area contributed by atoms with Crippen LogP contribution in [0.15, 0.2) is 104 Å². The lowest BCUT2D eigenvalue weighted by Crippen LogP contribution is -2.61. The Bertz CT molecular complexity index is 4990. The van der Waals surface area contributed by atoms with Gasteiger partial charge in [0.15, 0.2) is 0 Å². The average molecular weight is 1810 g/mol. The van der Waals surface area contributed by atoms with Crippen molar-refractivity contribution in [2.24, 2.45) is 23.1 Å². The topological polar surface area (TPSA) is 602 Å². The van der Waals surface area contributed by atoms with Gasteiger partial charge in [0, 0.05) is 112 Å².